The zero-order valence-electron chi connectivity index (χ0n) is 8.88. The molecular formula is C10H18N2O2. The van der Waals surface area contributed by atoms with E-state index in [1.165, 1.54) is 4.90 Å². The number of nitrogens with zero attached hydrogens (tertiary/aromatic N) is 1. The molecule has 80 valence electrons. The van der Waals surface area contributed by atoms with Crippen LogP contribution >= 0.6 is 0 Å². The van der Waals surface area contributed by atoms with Crippen LogP contribution in [0, 0.1) is 0 Å². The van der Waals surface area contributed by atoms with Crippen LogP contribution < -0.4 is 5.32 Å². The van der Waals surface area contributed by atoms with Crippen molar-refractivity contribution in [3.05, 3.63) is 0 Å². The lowest BCUT2D eigenvalue weighted by Crippen LogP contribution is -2.54. The van der Waals surface area contributed by atoms with Gasteiger partial charge in [-0.15, -0.1) is 0 Å². The van der Waals surface area contributed by atoms with Gasteiger partial charge in [0.25, 0.3) is 0 Å². The molecule has 1 atom stereocenters. The summed E-state index contributed by atoms with van der Waals surface area (Å²) in [4.78, 5) is 24.3. The van der Waals surface area contributed by atoms with Crippen molar-refractivity contribution in [3.8, 4) is 0 Å². The number of rotatable bonds is 4. The summed E-state index contributed by atoms with van der Waals surface area (Å²) in [6.45, 7) is 4.57. The van der Waals surface area contributed by atoms with Gasteiger partial charge in [-0.25, -0.2) is 4.79 Å². The van der Waals surface area contributed by atoms with Crippen LogP contribution in [-0.2, 0) is 4.79 Å². The van der Waals surface area contributed by atoms with Crippen LogP contribution in [0.3, 0.4) is 0 Å². The number of carbonyl (C=O) groups is 2. The number of hydrogen-bond acceptors (Lipinski definition) is 2. The molecule has 0 aromatic rings. The van der Waals surface area contributed by atoms with Crippen molar-refractivity contribution >= 4 is 11.9 Å². The first-order chi connectivity index (χ1) is 6.69. The highest BCUT2D eigenvalue weighted by Gasteiger charge is 2.30. The number of carbonyl (C=O) groups excluding carboxylic acids is 2. The fraction of sp³-hybridized carbons (Fsp3) is 0.800. The number of imide groups is 1. The summed E-state index contributed by atoms with van der Waals surface area (Å²) in [5.41, 5.74) is 0. The predicted molar refractivity (Wildman–Crippen MR) is 53.8 cm³/mol. The Kier molecular flexibility index (Phi) is 3.92. The summed E-state index contributed by atoms with van der Waals surface area (Å²) in [7, 11) is 0. The van der Waals surface area contributed by atoms with Gasteiger partial charge in [-0.3, -0.25) is 9.69 Å². The summed E-state index contributed by atoms with van der Waals surface area (Å²) in [5.74, 6) is -0.0333. The maximum absolute atomic E-state index is 11.5. The van der Waals surface area contributed by atoms with Crippen molar-refractivity contribution in [2.75, 3.05) is 6.54 Å². The number of amides is 3. The average molecular weight is 198 g/mol. The Morgan fingerprint density at radius 2 is 2.14 bits per heavy atom. The van der Waals surface area contributed by atoms with E-state index in [9.17, 15) is 9.59 Å². The van der Waals surface area contributed by atoms with E-state index >= 15 is 0 Å². The van der Waals surface area contributed by atoms with Crippen LogP contribution in [0.25, 0.3) is 0 Å². The van der Waals surface area contributed by atoms with Gasteiger partial charge in [-0.1, -0.05) is 20.3 Å². The van der Waals surface area contributed by atoms with Crippen molar-refractivity contribution in [2.24, 2.45) is 0 Å². The first kappa shape index (κ1) is 11.0. The molecule has 1 fully saturated rings. The molecule has 1 saturated heterocycles. The van der Waals surface area contributed by atoms with Crippen molar-refractivity contribution in [2.45, 2.75) is 45.6 Å². The second kappa shape index (κ2) is 4.98. The molecule has 0 aliphatic carbocycles. The van der Waals surface area contributed by atoms with E-state index in [1.54, 1.807) is 0 Å². The number of hydrogen-bond donors (Lipinski definition) is 1. The van der Waals surface area contributed by atoms with Crippen molar-refractivity contribution in [1.29, 1.82) is 0 Å². The molecule has 1 rings (SSSR count). The first-order valence-electron chi connectivity index (χ1n) is 5.29. The minimum Gasteiger partial charge on any atom is -0.334 e. The third-order valence-corrected chi connectivity index (χ3v) is 2.52. The summed E-state index contributed by atoms with van der Waals surface area (Å²) in [5, 5.41) is 2.82. The minimum atomic E-state index is -0.221. The highest BCUT2D eigenvalue weighted by molar-refractivity contribution is 5.97. The van der Waals surface area contributed by atoms with E-state index in [-0.39, 0.29) is 18.0 Å². The monoisotopic (exact) mass is 198 g/mol. The Hall–Kier alpha value is -1.06. The fourth-order valence-electron chi connectivity index (χ4n) is 1.53. The number of nitrogens with one attached hydrogen (secondary N) is 1. The van der Waals surface area contributed by atoms with Gasteiger partial charge in [-0.05, 0) is 12.8 Å². The molecule has 1 aliphatic rings. The second-order valence-corrected chi connectivity index (χ2v) is 3.66. The largest absolute Gasteiger partial charge is 0.334 e. The molecule has 1 N–H and O–H groups in total. The van der Waals surface area contributed by atoms with Gasteiger partial charge in [0.05, 0.1) is 0 Å². The van der Waals surface area contributed by atoms with Gasteiger partial charge >= 0.3 is 6.03 Å². The predicted octanol–water partition coefficient (Wildman–Crippen LogP) is 1.51. The van der Waals surface area contributed by atoms with Gasteiger partial charge in [0.2, 0.25) is 5.91 Å². The molecule has 0 aromatic carbocycles. The van der Waals surface area contributed by atoms with Gasteiger partial charge in [0.1, 0.15) is 0 Å². The van der Waals surface area contributed by atoms with Crippen LogP contribution in [0.5, 0.6) is 0 Å². The van der Waals surface area contributed by atoms with Crippen molar-refractivity contribution in [1.82, 2.24) is 10.2 Å². The Morgan fingerprint density at radius 1 is 1.43 bits per heavy atom. The van der Waals surface area contributed by atoms with Gasteiger partial charge in [0.15, 0.2) is 0 Å². The molecule has 0 bridgehead atoms. The third-order valence-electron chi connectivity index (χ3n) is 2.52. The molecule has 0 spiro atoms. The molecule has 1 unspecified atom stereocenters. The van der Waals surface area contributed by atoms with E-state index in [4.69, 9.17) is 0 Å². The maximum atomic E-state index is 11.5. The molecule has 0 aromatic heterocycles. The van der Waals surface area contributed by atoms with Gasteiger partial charge in [0, 0.05) is 19.0 Å². The zero-order chi connectivity index (χ0) is 10.6. The van der Waals surface area contributed by atoms with Gasteiger partial charge < -0.3 is 5.32 Å². The quantitative estimate of drug-likeness (QED) is 0.744. The molecule has 4 nitrogen and oxygen atoms in total. The summed E-state index contributed by atoms with van der Waals surface area (Å²) in [6.07, 6.45) is 3.15. The second-order valence-electron chi connectivity index (χ2n) is 3.66. The molecule has 0 saturated carbocycles. The highest BCUT2D eigenvalue weighted by Crippen LogP contribution is 2.10. The SMILES string of the molecule is CCCCN1C(=O)CC(CC)NC1=O. The Balaban J connectivity index is 2.52. The zero-order valence-corrected chi connectivity index (χ0v) is 8.88. The Labute approximate surface area is 84.7 Å². The van der Waals surface area contributed by atoms with Crippen LogP contribution in [0.2, 0.25) is 0 Å². The number of urea groups is 1. The van der Waals surface area contributed by atoms with E-state index in [2.05, 4.69) is 5.32 Å². The van der Waals surface area contributed by atoms with Crippen LogP contribution in [-0.4, -0.2) is 29.4 Å². The lowest BCUT2D eigenvalue weighted by Gasteiger charge is -2.30. The summed E-state index contributed by atoms with van der Waals surface area (Å²) < 4.78 is 0. The molecule has 4 heteroatoms. The lowest BCUT2D eigenvalue weighted by molar-refractivity contribution is -0.130. The Morgan fingerprint density at radius 3 is 2.64 bits per heavy atom. The molecular weight excluding hydrogens is 180 g/mol. The molecule has 3 amide bonds. The highest BCUT2D eigenvalue weighted by atomic mass is 16.2. The molecule has 1 heterocycles. The topological polar surface area (TPSA) is 49.4 Å². The number of unbranched alkanes of at least 4 members (excludes halogenated alkanes) is 1. The average Bonchev–Trinajstić information content (AvgIpc) is 2.16. The standard InChI is InChI=1S/C10H18N2O2/c1-3-5-6-12-9(13)7-8(4-2)11-10(12)14/h8H,3-7H2,1-2H3,(H,11,14). The van der Waals surface area contributed by atoms with Gasteiger partial charge in [-0.2, -0.15) is 0 Å². The maximum Gasteiger partial charge on any atom is 0.324 e. The third kappa shape index (κ3) is 2.47. The van der Waals surface area contributed by atoms with Crippen molar-refractivity contribution < 1.29 is 9.59 Å². The van der Waals surface area contributed by atoms with Crippen molar-refractivity contribution in [3.63, 3.8) is 0 Å². The van der Waals surface area contributed by atoms with E-state index in [0.29, 0.717) is 13.0 Å². The van der Waals surface area contributed by atoms with E-state index in [1.807, 2.05) is 13.8 Å². The smallest absolute Gasteiger partial charge is 0.324 e. The van der Waals surface area contributed by atoms with E-state index in [0.717, 1.165) is 19.3 Å². The van der Waals surface area contributed by atoms with E-state index < -0.39 is 0 Å². The lowest BCUT2D eigenvalue weighted by atomic mass is 10.1. The minimum absolute atomic E-state index is 0.0333. The summed E-state index contributed by atoms with van der Waals surface area (Å²) in [6, 6.07) is -0.186. The van der Waals surface area contributed by atoms with Crippen LogP contribution in [0.15, 0.2) is 0 Å². The van der Waals surface area contributed by atoms with Crippen LogP contribution in [0.4, 0.5) is 4.79 Å². The molecule has 1 aliphatic heterocycles. The Bertz CT molecular complexity index is 210. The van der Waals surface area contributed by atoms with Crippen LogP contribution in [0.1, 0.15) is 39.5 Å². The molecule has 14 heavy (non-hydrogen) atoms. The normalized spacial score (nSPS) is 22.4. The fourth-order valence-corrected chi connectivity index (χ4v) is 1.53. The molecule has 0 radical (unpaired) electrons. The first-order valence-corrected chi connectivity index (χ1v) is 5.29. The summed E-state index contributed by atoms with van der Waals surface area (Å²) >= 11 is 0.